The molecule has 0 amide bonds. The van der Waals surface area contributed by atoms with Gasteiger partial charge < -0.3 is 5.11 Å². The first-order valence-electron chi connectivity index (χ1n) is 6.24. The van der Waals surface area contributed by atoms with Crippen LogP contribution in [0.5, 0.6) is 0 Å². The largest absolute Gasteiger partial charge is 0.480 e. The second-order valence-electron chi connectivity index (χ2n) is 4.72. The molecule has 0 aliphatic heterocycles. The molecule has 1 aliphatic carbocycles. The molecule has 1 aliphatic rings. The van der Waals surface area contributed by atoms with Crippen molar-refractivity contribution < 1.29 is 18.3 Å². The zero-order valence-electron chi connectivity index (χ0n) is 10.5. The van der Waals surface area contributed by atoms with Gasteiger partial charge in [-0.3, -0.25) is 4.79 Å². The maximum atomic E-state index is 12.2. The summed E-state index contributed by atoms with van der Waals surface area (Å²) in [4.78, 5) is 10.8. The van der Waals surface area contributed by atoms with Crippen molar-refractivity contribution >= 4 is 16.0 Å². The Balaban J connectivity index is 2.01. The first-order chi connectivity index (χ1) is 8.99. The topological polar surface area (TPSA) is 74.7 Å². The normalized spacial score (nSPS) is 15.6. The van der Waals surface area contributed by atoms with E-state index in [0.717, 1.165) is 22.7 Å². The second kappa shape index (κ2) is 5.71. The Labute approximate surface area is 112 Å². The predicted octanol–water partition coefficient (Wildman–Crippen LogP) is 1.11. The number of rotatable bonds is 7. The summed E-state index contributed by atoms with van der Waals surface area (Å²) >= 11 is 0. The molecule has 0 spiro atoms. The first kappa shape index (κ1) is 14.0. The highest BCUT2D eigenvalue weighted by Crippen LogP contribution is 2.29. The number of hydrogen-bond donors (Lipinski definition) is 1. The van der Waals surface area contributed by atoms with Gasteiger partial charge >= 0.3 is 5.97 Å². The molecule has 0 unspecified atom stereocenters. The van der Waals surface area contributed by atoms with E-state index in [-0.39, 0.29) is 11.8 Å². The maximum Gasteiger partial charge on any atom is 0.318 e. The molecule has 0 radical (unpaired) electrons. The van der Waals surface area contributed by atoms with Gasteiger partial charge in [0.05, 0.1) is 5.75 Å². The van der Waals surface area contributed by atoms with Gasteiger partial charge in [0.15, 0.2) is 0 Å². The highest BCUT2D eigenvalue weighted by molar-refractivity contribution is 7.89. The van der Waals surface area contributed by atoms with Crippen LogP contribution in [0, 0.1) is 0 Å². The summed E-state index contributed by atoms with van der Waals surface area (Å²) in [5.41, 5.74) is 0.942. The summed E-state index contributed by atoms with van der Waals surface area (Å²) in [7, 11) is -3.50. The molecule has 1 saturated carbocycles. The van der Waals surface area contributed by atoms with E-state index in [9.17, 15) is 13.2 Å². The van der Waals surface area contributed by atoms with Crippen LogP contribution in [0.15, 0.2) is 30.3 Å². The molecule has 0 aromatic heterocycles. The van der Waals surface area contributed by atoms with E-state index in [1.165, 1.54) is 0 Å². The smallest absolute Gasteiger partial charge is 0.318 e. The number of benzene rings is 1. The summed E-state index contributed by atoms with van der Waals surface area (Å²) in [6.45, 7) is -0.429. The number of aliphatic carboxylic acids is 1. The number of hydrogen-bond acceptors (Lipinski definition) is 3. The van der Waals surface area contributed by atoms with Gasteiger partial charge in [0.2, 0.25) is 10.0 Å². The molecule has 104 valence electrons. The summed E-state index contributed by atoms with van der Waals surface area (Å²) in [6, 6.07) is 9.22. The third-order valence-electron chi connectivity index (χ3n) is 3.09. The second-order valence-corrected chi connectivity index (χ2v) is 6.76. The minimum atomic E-state index is -3.50. The fraction of sp³-hybridized carbons (Fsp3) is 0.462. The van der Waals surface area contributed by atoms with Crippen LogP contribution in [-0.4, -0.2) is 42.1 Å². The van der Waals surface area contributed by atoms with Crippen molar-refractivity contribution in [1.29, 1.82) is 0 Å². The lowest BCUT2D eigenvalue weighted by molar-refractivity contribution is -0.137. The van der Waals surface area contributed by atoms with Crippen LogP contribution >= 0.6 is 0 Å². The van der Waals surface area contributed by atoms with Gasteiger partial charge in [-0.15, -0.1) is 0 Å². The number of carboxylic acids is 1. The number of carbonyl (C=O) groups is 1. The minimum Gasteiger partial charge on any atom is -0.480 e. The van der Waals surface area contributed by atoms with Crippen molar-refractivity contribution in [2.24, 2.45) is 0 Å². The predicted molar refractivity (Wildman–Crippen MR) is 71.3 cm³/mol. The average Bonchev–Trinajstić information content (AvgIpc) is 3.19. The summed E-state index contributed by atoms with van der Waals surface area (Å²) in [5, 5.41) is 8.80. The molecule has 19 heavy (non-hydrogen) atoms. The van der Waals surface area contributed by atoms with Gasteiger partial charge in [-0.25, -0.2) is 8.42 Å². The van der Waals surface area contributed by atoms with Crippen molar-refractivity contribution in [3.8, 4) is 0 Å². The summed E-state index contributed by atoms with van der Waals surface area (Å²) < 4.78 is 25.5. The highest BCUT2D eigenvalue weighted by Gasteiger charge is 2.38. The number of nitrogens with zero attached hydrogens (tertiary/aromatic N) is 1. The number of sulfonamides is 1. The Bertz CT molecular complexity index is 537. The Kier molecular flexibility index (Phi) is 4.21. The number of aryl methyl sites for hydroxylation is 1. The van der Waals surface area contributed by atoms with Crippen LogP contribution in [0.3, 0.4) is 0 Å². The van der Waals surface area contributed by atoms with E-state index < -0.39 is 22.5 Å². The molecule has 1 N–H and O–H groups in total. The van der Waals surface area contributed by atoms with Gasteiger partial charge in [-0.05, 0) is 24.8 Å². The van der Waals surface area contributed by atoms with Crippen LogP contribution in [0.2, 0.25) is 0 Å². The van der Waals surface area contributed by atoms with Crippen LogP contribution < -0.4 is 0 Å². The van der Waals surface area contributed by atoms with E-state index >= 15 is 0 Å². The average molecular weight is 283 g/mol. The first-order valence-corrected chi connectivity index (χ1v) is 7.85. The lowest BCUT2D eigenvalue weighted by atomic mass is 10.2. The van der Waals surface area contributed by atoms with E-state index in [0.29, 0.717) is 6.42 Å². The zero-order valence-corrected chi connectivity index (χ0v) is 11.3. The van der Waals surface area contributed by atoms with Crippen molar-refractivity contribution in [3.63, 3.8) is 0 Å². The van der Waals surface area contributed by atoms with Gasteiger partial charge in [0.25, 0.3) is 0 Å². The lowest BCUT2D eigenvalue weighted by Gasteiger charge is -2.19. The van der Waals surface area contributed by atoms with Gasteiger partial charge in [-0.2, -0.15) is 4.31 Å². The van der Waals surface area contributed by atoms with Crippen LogP contribution in [0.1, 0.15) is 18.4 Å². The Morgan fingerprint density at radius 2 is 1.89 bits per heavy atom. The van der Waals surface area contributed by atoms with E-state index in [1.807, 2.05) is 30.3 Å². The van der Waals surface area contributed by atoms with E-state index in [1.54, 1.807) is 0 Å². The Hall–Kier alpha value is -1.40. The van der Waals surface area contributed by atoms with Crippen molar-refractivity contribution in [2.45, 2.75) is 25.3 Å². The molecule has 6 heteroatoms. The van der Waals surface area contributed by atoms with E-state index in [4.69, 9.17) is 5.11 Å². The molecular weight excluding hydrogens is 266 g/mol. The standard InChI is InChI=1S/C13H17NO4S/c15-13(16)10-14(12-6-7-12)19(17,18)9-8-11-4-2-1-3-5-11/h1-5,12H,6-10H2,(H,15,16). The SMILES string of the molecule is O=C(O)CN(C1CC1)S(=O)(=O)CCc1ccccc1. The molecule has 0 atom stereocenters. The van der Waals surface area contributed by atoms with Gasteiger partial charge in [0, 0.05) is 6.04 Å². The maximum absolute atomic E-state index is 12.2. The lowest BCUT2D eigenvalue weighted by Crippen LogP contribution is -2.39. The van der Waals surface area contributed by atoms with Gasteiger partial charge in [-0.1, -0.05) is 30.3 Å². The van der Waals surface area contributed by atoms with Crippen molar-refractivity contribution in [3.05, 3.63) is 35.9 Å². The Morgan fingerprint density at radius 3 is 2.42 bits per heavy atom. The van der Waals surface area contributed by atoms with Gasteiger partial charge in [0.1, 0.15) is 6.54 Å². The fourth-order valence-electron chi connectivity index (χ4n) is 1.96. The molecule has 1 aromatic rings. The molecule has 1 fully saturated rings. The highest BCUT2D eigenvalue weighted by atomic mass is 32.2. The molecular formula is C13H17NO4S. The summed E-state index contributed by atoms with van der Waals surface area (Å²) in [6.07, 6.45) is 1.93. The van der Waals surface area contributed by atoms with Crippen LogP contribution in [0.25, 0.3) is 0 Å². The van der Waals surface area contributed by atoms with Crippen molar-refractivity contribution in [1.82, 2.24) is 4.31 Å². The quantitative estimate of drug-likeness (QED) is 0.813. The molecule has 1 aromatic carbocycles. The number of carboxylic acid groups (broad SMARTS) is 1. The molecule has 5 nitrogen and oxygen atoms in total. The van der Waals surface area contributed by atoms with Crippen LogP contribution in [0.4, 0.5) is 0 Å². The molecule has 2 rings (SSSR count). The third-order valence-corrected chi connectivity index (χ3v) is 4.96. The molecule has 0 heterocycles. The monoisotopic (exact) mass is 283 g/mol. The Morgan fingerprint density at radius 1 is 1.26 bits per heavy atom. The zero-order chi connectivity index (χ0) is 13.9. The van der Waals surface area contributed by atoms with Crippen molar-refractivity contribution in [2.75, 3.05) is 12.3 Å². The third kappa shape index (κ3) is 4.04. The molecule has 0 saturated heterocycles. The van der Waals surface area contributed by atoms with E-state index in [2.05, 4.69) is 0 Å². The van der Waals surface area contributed by atoms with Crippen LogP contribution in [-0.2, 0) is 21.2 Å². The minimum absolute atomic E-state index is 0.0409. The summed E-state index contributed by atoms with van der Waals surface area (Å²) in [5.74, 6) is -1.14. The fourth-order valence-corrected chi connectivity index (χ4v) is 3.66. The molecule has 0 bridgehead atoms.